The van der Waals surface area contributed by atoms with Gasteiger partial charge in [-0.1, -0.05) is 12.2 Å². The van der Waals surface area contributed by atoms with Crippen LogP contribution in [-0.4, -0.2) is 12.0 Å². The van der Waals surface area contributed by atoms with Gasteiger partial charge in [0.2, 0.25) is 0 Å². The molecule has 1 aromatic carbocycles. The lowest BCUT2D eigenvalue weighted by Gasteiger charge is -2.20. The van der Waals surface area contributed by atoms with E-state index < -0.39 is 0 Å². The first-order valence-electron chi connectivity index (χ1n) is 5.39. The summed E-state index contributed by atoms with van der Waals surface area (Å²) >= 11 is 10.2. The van der Waals surface area contributed by atoms with Crippen LogP contribution in [0.15, 0.2) is 39.5 Å². The van der Waals surface area contributed by atoms with E-state index in [-0.39, 0.29) is 0 Å². The van der Waals surface area contributed by atoms with Crippen LogP contribution >= 0.6 is 39.5 Å². The largest absolute Gasteiger partial charge is 0.389 e. The third-order valence-electron chi connectivity index (χ3n) is 2.64. The van der Waals surface area contributed by atoms with E-state index in [0.717, 1.165) is 22.3 Å². The molecule has 1 heterocycles. The lowest BCUT2D eigenvalue weighted by atomic mass is 10.2. The highest BCUT2D eigenvalue weighted by Gasteiger charge is 2.08. The first-order chi connectivity index (χ1) is 8.58. The fourth-order valence-electron chi connectivity index (χ4n) is 1.71. The Balaban J connectivity index is 2.20. The van der Waals surface area contributed by atoms with E-state index in [9.17, 15) is 0 Å². The second kappa shape index (κ2) is 5.82. The Kier molecular flexibility index (Phi) is 4.37. The number of rotatable bonds is 4. The SMILES string of the molecule is CN(Cc1ccsc1)c1ccc(C(N)=S)cc1Br. The zero-order chi connectivity index (χ0) is 13.1. The summed E-state index contributed by atoms with van der Waals surface area (Å²) in [7, 11) is 2.07. The van der Waals surface area contributed by atoms with Gasteiger partial charge in [-0.25, -0.2) is 0 Å². The van der Waals surface area contributed by atoms with Crippen LogP contribution in [0, 0.1) is 0 Å². The van der Waals surface area contributed by atoms with Crippen LogP contribution < -0.4 is 10.6 Å². The van der Waals surface area contributed by atoms with E-state index in [1.807, 2.05) is 18.2 Å². The van der Waals surface area contributed by atoms with E-state index in [0.29, 0.717) is 4.99 Å². The minimum absolute atomic E-state index is 0.419. The molecule has 0 fully saturated rings. The van der Waals surface area contributed by atoms with Gasteiger partial charge in [0.15, 0.2) is 0 Å². The van der Waals surface area contributed by atoms with E-state index in [1.54, 1.807) is 11.3 Å². The van der Waals surface area contributed by atoms with Crippen molar-refractivity contribution in [2.24, 2.45) is 5.73 Å². The standard InChI is InChI=1S/C13H13BrN2S2/c1-16(7-9-4-5-18-8-9)12-3-2-10(13(15)17)6-11(12)14/h2-6,8H,7H2,1H3,(H2,15,17). The monoisotopic (exact) mass is 340 g/mol. The van der Waals surface area contributed by atoms with Gasteiger partial charge in [0.25, 0.3) is 0 Å². The number of halogens is 1. The maximum absolute atomic E-state index is 5.62. The highest BCUT2D eigenvalue weighted by Crippen LogP contribution is 2.28. The van der Waals surface area contributed by atoms with Crippen molar-refractivity contribution in [2.45, 2.75) is 6.54 Å². The molecule has 2 nitrogen and oxygen atoms in total. The molecular formula is C13H13BrN2S2. The minimum atomic E-state index is 0.419. The Morgan fingerprint density at radius 3 is 2.78 bits per heavy atom. The Morgan fingerprint density at radius 2 is 2.22 bits per heavy atom. The van der Waals surface area contributed by atoms with Crippen molar-refractivity contribution in [1.29, 1.82) is 0 Å². The lowest BCUT2D eigenvalue weighted by Crippen LogP contribution is -2.17. The van der Waals surface area contributed by atoms with Crippen molar-refractivity contribution in [3.05, 3.63) is 50.6 Å². The Morgan fingerprint density at radius 1 is 1.44 bits per heavy atom. The summed E-state index contributed by atoms with van der Waals surface area (Å²) in [4.78, 5) is 2.61. The summed E-state index contributed by atoms with van der Waals surface area (Å²) < 4.78 is 1.01. The molecule has 5 heteroatoms. The molecule has 2 aromatic rings. The molecule has 2 rings (SSSR count). The molecule has 0 saturated heterocycles. The van der Waals surface area contributed by atoms with Crippen LogP contribution in [0.1, 0.15) is 11.1 Å². The van der Waals surface area contributed by atoms with Crippen LogP contribution in [0.2, 0.25) is 0 Å². The highest BCUT2D eigenvalue weighted by atomic mass is 79.9. The number of nitrogens with two attached hydrogens (primary N) is 1. The number of hydrogen-bond donors (Lipinski definition) is 1. The molecule has 0 radical (unpaired) electrons. The van der Waals surface area contributed by atoms with Crippen molar-refractivity contribution in [2.75, 3.05) is 11.9 Å². The third kappa shape index (κ3) is 3.10. The molecule has 0 aliphatic heterocycles. The average Bonchev–Trinajstić information content (AvgIpc) is 2.81. The molecule has 0 amide bonds. The highest BCUT2D eigenvalue weighted by molar-refractivity contribution is 9.10. The quantitative estimate of drug-likeness (QED) is 0.858. The molecule has 18 heavy (non-hydrogen) atoms. The molecule has 1 aromatic heterocycles. The molecular weight excluding hydrogens is 328 g/mol. The van der Waals surface area contributed by atoms with Gasteiger partial charge >= 0.3 is 0 Å². The number of thiophene rings is 1. The minimum Gasteiger partial charge on any atom is -0.389 e. The lowest BCUT2D eigenvalue weighted by molar-refractivity contribution is 0.924. The van der Waals surface area contributed by atoms with Gasteiger partial charge in [-0.05, 0) is 56.5 Å². The van der Waals surface area contributed by atoms with Gasteiger partial charge in [-0.2, -0.15) is 11.3 Å². The molecule has 0 bridgehead atoms. The maximum atomic E-state index is 5.62. The predicted octanol–water partition coefficient (Wildman–Crippen LogP) is 3.78. The summed E-state index contributed by atoms with van der Waals surface area (Å²) in [6.45, 7) is 0.883. The van der Waals surface area contributed by atoms with Crippen LogP contribution in [0.3, 0.4) is 0 Å². The summed E-state index contributed by atoms with van der Waals surface area (Å²) in [6, 6.07) is 8.08. The average molecular weight is 341 g/mol. The Bertz CT molecular complexity index is 552. The second-order valence-corrected chi connectivity index (χ2v) is 6.09. The molecule has 0 unspecified atom stereocenters. The van der Waals surface area contributed by atoms with E-state index in [1.165, 1.54) is 5.56 Å². The van der Waals surface area contributed by atoms with Crippen molar-refractivity contribution < 1.29 is 0 Å². The van der Waals surface area contributed by atoms with Crippen LogP contribution in [0.4, 0.5) is 5.69 Å². The second-order valence-electron chi connectivity index (χ2n) is 4.02. The van der Waals surface area contributed by atoms with Gasteiger partial charge < -0.3 is 10.6 Å². The molecule has 0 saturated carbocycles. The molecule has 0 aliphatic rings. The Labute approximate surface area is 125 Å². The van der Waals surface area contributed by atoms with Gasteiger partial charge in [-0.15, -0.1) is 0 Å². The van der Waals surface area contributed by atoms with Crippen molar-refractivity contribution in [3.8, 4) is 0 Å². The molecule has 0 aliphatic carbocycles. The van der Waals surface area contributed by atoms with E-state index in [2.05, 4.69) is 44.7 Å². The number of benzene rings is 1. The fraction of sp³-hybridized carbons (Fsp3) is 0.154. The molecule has 0 atom stereocenters. The summed E-state index contributed by atoms with van der Waals surface area (Å²) in [6.07, 6.45) is 0. The van der Waals surface area contributed by atoms with Crippen LogP contribution in [0.5, 0.6) is 0 Å². The molecule has 94 valence electrons. The number of nitrogens with zero attached hydrogens (tertiary/aromatic N) is 1. The van der Waals surface area contributed by atoms with Crippen molar-refractivity contribution >= 4 is 50.2 Å². The first-order valence-corrected chi connectivity index (χ1v) is 7.54. The predicted molar refractivity (Wildman–Crippen MR) is 86.5 cm³/mol. The van der Waals surface area contributed by atoms with E-state index in [4.69, 9.17) is 18.0 Å². The number of hydrogen-bond acceptors (Lipinski definition) is 3. The first kappa shape index (κ1) is 13.5. The normalized spacial score (nSPS) is 10.3. The summed E-state index contributed by atoms with van der Waals surface area (Å²) in [5.74, 6) is 0. The van der Waals surface area contributed by atoms with Gasteiger partial charge in [0, 0.05) is 23.6 Å². The zero-order valence-corrected chi connectivity index (χ0v) is 13.1. The fourth-order valence-corrected chi connectivity index (χ4v) is 3.18. The van der Waals surface area contributed by atoms with Crippen molar-refractivity contribution in [1.82, 2.24) is 0 Å². The molecule has 0 spiro atoms. The zero-order valence-electron chi connectivity index (χ0n) is 9.89. The Hall–Kier alpha value is -0.910. The van der Waals surface area contributed by atoms with E-state index >= 15 is 0 Å². The smallest absolute Gasteiger partial charge is 0.104 e. The van der Waals surface area contributed by atoms with Gasteiger partial charge in [0.1, 0.15) is 4.99 Å². The molecule has 2 N–H and O–H groups in total. The van der Waals surface area contributed by atoms with Gasteiger partial charge in [0.05, 0.1) is 5.69 Å². The van der Waals surface area contributed by atoms with Crippen LogP contribution in [-0.2, 0) is 6.54 Å². The van der Waals surface area contributed by atoms with Crippen molar-refractivity contribution in [3.63, 3.8) is 0 Å². The third-order valence-corrected chi connectivity index (χ3v) is 4.25. The number of thiocarbonyl (C=S) groups is 1. The summed E-state index contributed by atoms with van der Waals surface area (Å²) in [5.41, 5.74) is 8.94. The van der Waals surface area contributed by atoms with Gasteiger partial charge in [-0.3, -0.25) is 0 Å². The van der Waals surface area contributed by atoms with Crippen LogP contribution in [0.25, 0.3) is 0 Å². The maximum Gasteiger partial charge on any atom is 0.104 e. The summed E-state index contributed by atoms with van der Waals surface area (Å²) in [5, 5.41) is 4.25. The number of anilines is 1. The topological polar surface area (TPSA) is 29.3 Å².